The van der Waals surface area contributed by atoms with E-state index >= 15 is 0 Å². The van der Waals surface area contributed by atoms with Crippen LogP contribution in [0, 0.1) is 5.41 Å². The van der Waals surface area contributed by atoms with E-state index < -0.39 is 0 Å². The average molecular weight is 268 g/mol. The van der Waals surface area contributed by atoms with E-state index in [0.29, 0.717) is 13.0 Å². The zero-order valence-corrected chi connectivity index (χ0v) is 12.7. The fourth-order valence-electron chi connectivity index (χ4n) is 3.02. The van der Waals surface area contributed by atoms with Crippen LogP contribution in [0.5, 0.6) is 0 Å². The third-order valence-electron chi connectivity index (χ3n) is 4.52. The number of carbonyl (C=O) groups excluding carboxylic acids is 1. The van der Waals surface area contributed by atoms with Crippen LogP contribution in [0.2, 0.25) is 0 Å². The molecule has 19 heavy (non-hydrogen) atoms. The van der Waals surface area contributed by atoms with Gasteiger partial charge in [0.1, 0.15) is 0 Å². The third kappa shape index (κ3) is 6.42. The van der Waals surface area contributed by atoms with E-state index in [2.05, 4.69) is 12.2 Å². The SMILES string of the molecule is CCCCCCCCC(=O)NCC1(CN)CCCC1. The van der Waals surface area contributed by atoms with E-state index in [-0.39, 0.29) is 11.3 Å². The second-order valence-corrected chi connectivity index (χ2v) is 6.21. The van der Waals surface area contributed by atoms with Gasteiger partial charge in [-0.1, -0.05) is 51.9 Å². The summed E-state index contributed by atoms with van der Waals surface area (Å²) in [6, 6.07) is 0. The lowest BCUT2D eigenvalue weighted by atomic mass is 9.86. The van der Waals surface area contributed by atoms with Gasteiger partial charge < -0.3 is 11.1 Å². The maximum absolute atomic E-state index is 11.8. The topological polar surface area (TPSA) is 55.1 Å². The molecular formula is C16H32N2O. The van der Waals surface area contributed by atoms with Gasteiger partial charge in [0.05, 0.1) is 0 Å². The smallest absolute Gasteiger partial charge is 0.220 e. The number of hydrogen-bond donors (Lipinski definition) is 2. The lowest BCUT2D eigenvalue weighted by Crippen LogP contribution is -2.40. The molecule has 0 unspecified atom stereocenters. The first-order valence-electron chi connectivity index (χ1n) is 8.19. The lowest BCUT2D eigenvalue weighted by Gasteiger charge is -2.27. The van der Waals surface area contributed by atoms with Crippen molar-refractivity contribution < 1.29 is 4.79 Å². The van der Waals surface area contributed by atoms with Gasteiger partial charge in [-0.15, -0.1) is 0 Å². The van der Waals surface area contributed by atoms with E-state index in [1.54, 1.807) is 0 Å². The molecule has 1 aliphatic rings. The zero-order chi connectivity index (χ0) is 14.0. The van der Waals surface area contributed by atoms with Crippen molar-refractivity contribution in [3.8, 4) is 0 Å². The Bertz CT molecular complexity index is 247. The predicted molar refractivity (Wildman–Crippen MR) is 81.0 cm³/mol. The summed E-state index contributed by atoms with van der Waals surface area (Å²) in [7, 11) is 0. The number of hydrogen-bond acceptors (Lipinski definition) is 2. The lowest BCUT2D eigenvalue weighted by molar-refractivity contribution is -0.121. The summed E-state index contributed by atoms with van der Waals surface area (Å²) in [6.45, 7) is 3.73. The van der Waals surface area contributed by atoms with Crippen molar-refractivity contribution in [3.05, 3.63) is 0 Å². The Morgan fingerprint density at radius 3 is 2.37 bits per heavy atom. The predicted octanol–water partition coefficient (Wildman–Crippen LogP) is 3.37. The summed E-state index contributed by atoms with van der Waals surface area (Å²) in [4.78, 5) is 11.8. The highest BCUT2D eigenvalue weighted by Crippen LogP contribution is 2.36. The standard InChI is InChI=1S/C16H32N2O/c1-2-3-4-5-6-7-10-15(19)18-14-16(13-17)11-8-9-12-16/h2-14,17H2,1H3,(H,18,19). The van der Waals surface area contributed by atoms with Gasteiger partial charge in [0.25, 0.3) is 0 Å². The van der Waals surface area contributed by atoms with Crippen LogP contribution < -0.4 is 11.1 Å². The van der Waals surface area contributed by atoms with Crippen molar-refractivity contribution in [2.45, 2.75) is 77.6 Å². The van der Waals surface area contributed by atoms with E-state index in [4.69, 9.17) is 5.73 Å². The van der Waals surface area contributed by atoms with Gasteiger partial charge in [-0.3, -0.25) is 4.79 Å². The zero-order valence-electron chi connectivity index (χ0n) is 12.7. The average Bonchev–Trinajstić information content (AvgIpc) is 2.90. The number of unbranched alkanes of at least 4 members (excludes halogenated alkanes) is 5. The molecule has 1 amide bonds. The van der Waals surface area contributed by atoms with Gasteiger partial charge >= 0.3 is 0 Å². The Morgan fingerprint density at radius 1 is 1.11 bits per heavy atom. The quantitative estimate of drug-likeness (QED) is 0.597. The van der Waals surface area contributed by atoms with E-state index in [1.807, 2.05) is 0 Å². The summed E-state index contributed by atoms with van der Waals surface area (Å²) in [5.41, 5.74) is 6.08. The molecule has 0 aromatic rings. The highest BCUT2D eigenvalue weighted by Gasteiger charge is 2.32. The van der Waals surface area contributed by atoms with E-state index in [9.17, 15) is 4.79 Å². The number of amides is 1. The van der Waals surface area contributed by atoms with Crippen LogP contribution in [0.25, 0.3) is 0 Å². The summed E-state index contributed by atoms with van der Waals surface area (Å²) in [5.74, 6) is 0.218. The molecule has 1 saturated carbocycles. The Morgan fingerprint density at radius 2 is 1.74 bits per heavy atom. The molecule has 0 atom stereocenters. The van der Waals surface area contributed by atoms with Gasteiger partial charge in [-0.05, 0) is 31.2 Å². The molecule has 3 N–H and O–H groups in total. The van der Waals surface area contributed by atoms with Crippen molar-refractivity contribution >= 4 is 5.91 Å². The van der Waals surface area contributed by atoms with Crippen LogP contribution in [0.15, 0.2) is 0 Å². The normalized spacial score (nSPS) is 17.6. The van der Waals surface area contributed by atoms with Crippen molar-refractivity contribution in [3.63, 3.8) is 0 Å². The maximum Gasteiger partial charge on any atom is 0.220 e. The van der Waals surface area contributed by atoms with Crippen molar-refractivity contribution in [1.29, 1.82) is 0 Å². The van der Waals surface area contributed by atoms with Crippen LogP contribution in [0.1, 0.15) is 77.6 Å². The van der Waals surface area contributed by atoms with Gasteiger partial charge in [0, 0.05) is 13.0 Å². The first-order chi connectivity index (χ1) is 9.22. The first kappa shape index (κ1) is 16.5. The van der Waals surface area contributed by atoms with Gasteiger partial charge in [0.2, 0.25) is 5.91 Å². The number of rotatable bonds is 10. The summed E-state index contributed by atoms with van der Waals surface area (Å²) in [6.07, 6.45) is 13.0. The summed E-state index contributed by atoms with van der Waals surface area (Å²) < 4.78 is 0. The molecule has 0 radical (unpaired) electrons. The molecule has 0 bridgehead atoms. The molecule has 0 saturated heterocycles. The van der Waals surface area contributed by atoms with E-state index in [0.717, 1.165) is 13.0 Å². The molecule has 3 heteroatoms. The Balaban J connectivity index is 2.04. The largest absolute Gasteiger partial charge is 0.355 e. The fraction of sp³-hybridized carbons (Fsp3) is 0.938. The summed E-state index contributed by atoms with van der Waals surface area (Å²) >= 11 is 0. The second kappa shape index (κ2) is 9.35. The van der Waals surface area contributed by atoms with Crippen LogP contribution in [0.4, 0.5) is 0 Å². The molecule has 0 spiro atoms. The minimum absolute atomic E-state index is 0.205. The fourth-order valence-corrected chi connectivity index (χ4v) is 3.02. The van der Waals surface area contributed by atoms with Gasteiger partial charge in [-0.25, -0.2) is 0 Å². The van der Waals surface area contributed by atoms with Crippen molar-refractivity contribution in [1.82, 2.24) is 5.32 Å². The van der Waals surface area contributed by atoms with Gasteiger partial charge in [-0.2, -0.15) is 0 Å². The molecule has 0 aromatic heterocycles. The first-order valence-corrected chi connectivity index (χ1v) is 8.19. The highest BCUT2D eigenvalue weighted by atomic mass is 16.1. The van der Waals surface area contributed by atoms with Crippen molar-refractivity contribution in [2.75, 3.05) is 13.1 Å². The maximum atomic E-state index is 11.8. The van der Waals surface area contributed by atoms with Crippen LogP contribution in [-0.2, 0) is 4.79 Å². The Kier molecular flexibility index (Phi) is 8.11. The summed E-state index contributed by atoms with van der Waals surface area (Å²) in [5, 5.41) is 3.10. The molecule has 0 aromatic carbocycles. The Hall–Kier alpha value is -0.570. The van der Waals surface area contributed by atoms with E-state index in [1.165, 1.54) is 57.8 Å². The van der Waals surface area contributed by atoms with Crippen LogP contribution >= 0.6 is 0 Å². The van der Waals surface area contributed by atoms with Crippen molar-refractivity contribution in [2.24, 2.45) is 11.1 Å². The Labute approximate surface area is 118 Å². The molecule has 0 heterocycles. The molecule has 1 aliphatic carbocycles. The monoisotopic (exact) mass is 268 g/mol. The number of carbonyl (C=O) groups is 1. The number of nitrogens with one attached hydrogen (secondary N) is 1. The van der Waals surface area contributed by atoms with Gasteiger partial charge in [0.15, 0.2) is 0 Å². The minimum atomic E-state index is 0.205. The second-order valence-electron chi connectivity index (χ2n) is 6.21. The molecule has 1 rings (SSSR count). The minimum Gasteiger partial charge on any atom is -0.355 e. The third-order valence-corrected chi connectivity index (χ3v) is 4.52. The molecule has 1 fully saturated rings. The highest BCUT2D eigenvalue weighted by molar-refractivity contribution is 5.75. The molecular weight excluding hydrogens is 236 g/mol. The molecule has 0 aliphatic heterocycles. The van der Waals surface area contributed by atoms with Crippen LogP contribution in [0.3, 0.4) is 0 Å². The number of nitrogens with two attached hydrogens (primary N) is 1. The molecule has 112 valence electrons. The molecule has 3 nitrogen and oxygen atoms in total. The van der Waals surface area contributed by atoms with Crippen LogP contribution in [-0.4, -0.2) is 19.0 Å².